The van der Waals surface area contributed by atoms with Gasteiger partial charge in [-0.15, -0.1) is 57.9 Å². The van der Waals surface area contributed by atoms with Gasteiger partial charge in [0.05, 0.1) is 23.0 Å². The number of furan rings is 2. The monoisotopic (exact) mass is 900 g/mol. The molecule has 0 aliphatic carbocycles. The minimum atomic E-state index is -1.65. The van der Waals surface area contributed by atoms with E-state index in [4.69, 9.17) is 25.9 Å². The van der Waals surface area contributed by atoms with Gasteiger partial charge in [-0.1, -0.05) is 124 Å². The van der Waals surface area contributed by atoms with Crippen LogP contribution in [0.4, 0.5) is 0 Å². The second-order valence-electron chi connectivity index (χ2n) is 17.8. The van der Waals surface area contributed by atoms with E-state index in [1.54, 1.807) is 0 Å². The van der Waals surface area contributed by atoms with Crippen molar-refractivity contribution in [1.29, 1.82) is 0 Å². The average molecular weight is 903 g/mol. The topological polar surface area (TPSA) is 26.3 Å². The number of hydrogen-bond donors (Lipinski definition) is 0. The quantitative estimate of drug-likeness (QED) is 0.130. The Morgan fingerprint density at radius 1 is 0.517 bits per heavy atom. The zero-order valence-electron chi connectivity index (χ0n) is 36.1. The van der Waals surface area contributed by atoms with Crippen molar-refractivity contribution in [3.05, 3.63) is 155 Å². The standard InChI is InChI=1S/2C25H25O.C2H6Si.2ClH.Zr/c2*1-16-9-11-18-13-20(23-12-10-17(2)26-23)15-22(18)24(16)19-7-6-8-21(14-19)25(3,4)5;1-3-2;;;/h2*6-15H,1-5H3;1-2H3;2*1H;/q2*-1;;;;+2/p-2. The fourth-order valence-electron chi connectivity index (χ4n) is 7.29. The van der Waals surface area contributed by atoms with Crippen molar-refractivity contribution in [3.8, 4) is 44.9 Å². The van der Waals surface area contributed by atoms with Crippen molar-refractivity contribution in [2.24, 2.45) is 0 Å². The fraction of sp³-hybridized carbons (Fsp3) is 0.269. The van der Waals surface area contributed by atoms with Crippen molar-refractivity contribution in [1.82, 2.24) is 0 Å². The second-order valence-corrected chi connectivity index (χ2v) is 40.7. The van der Waals surface area contributed by atoms with Gasteiger partial charge in [0.1, 0.15) is 0 Å². The number of aryl methyl sites for hydroxylation is 4. The summed E-state index contributed by atoms with van der Waals surface area (Å²) in [4.78, 5) is 0. The first-order valence-corrected chi connectivity index (χ1v) is 32.6. The SMILES string of the molecule is C[Si](C)=[Zr]([Cl])[Cl].Cc1ccc(-c2cc3c(-c4cccc(C(C)(C)C)c4)c(C)ccc3[cH-]2)o1.Cc1ccc(-c2cc3c(-c4cccc(C(C)(C)C)c4)c(C)ccc3[cH-]2)o1. The van der Waals surface area contributed by atoms with E-state index in [0.29, 0.717) is 0 Å². The van der Waals surface area contributed by atoms with Crippen LogP contribution in [0.1, 0.15) is 75.3 Å². The van der Waals surface area contributed by atoms with Crippen LogP contribution >= 0.6 is 17.0 Å². The maximum atomic E-state index is 5.84. The van der Waals surface area contributed by atoms with Crippen LogP contribution < -0.4 is 0 Å². The summed E-state index contributed by atoms with van der Waals surface area (Å²) >= 11 is -1.65. The Balaban J connectivity index is 0.000000172. The van der Waals surface area contributed by atoms with Crippen LogP contribution in [0.2, 0.25) is 13.1 Å². The van der Waals surface area contributed by atoms with Gasteiger partial charge in [0, 0.05) is 0 Å². The van der Waals surface area contributed by atoms with E-state index in [2.05, 4.69) is 178 Å². The van der Waals surface area contributed by atoms with Gasteiger partial charge in [-0.2, -0.15) is 0 Å². The van der Waals surface area contributed by atoms with Gasteiger partial charge in [-0.3, -0.25) is 0 Å². The molecular formula is C52H56Cl2O2SiZr-2. The number of benzene rings is 4. The number of hydrogen-bond acceptors (Lipinski definition) is 2. The molecule has 0 N–H and O–H groups in total. The van der Waals surface area contributed by atoms with Crippen LogP contribution in [0.5, 0.6) is 0 Å². The predicted molar refractivity (Wildman–Crippen MR) is 251 cm³/mol. The molecule has 0 atom stereocenters. The van der Waals surface area contributed by atoms with Gasteiger partial charge in [-0.25, -0.2) is 0 Å². The van der Waals surface area contributed by atoms with E-state index in [9.17, 15) is 0 Å². The van der Waals surface area contributed by atoms with Crippen LogP contribution in [0.15, 0.2) is 130 Å². The first kappa shape index (κ1) is 43.9. The summed E-state index contributed by atoms with van der Waals surface area (Å²) in [6.45, 7) is 26.3. The van der Waals surface area contributed by atoms with E-state index < -0.39 is 18.0 Å². The maximum Gasteiger partial charge on any atom is 0.0896 e. The third kappa shape index (κ3) is 10.2. The van der Waals surface area contributed by atoms with Crippen LogP contribution in [0, 0.1) is 27.7 Å². The van der Waals surface area contributed by atoms with Crippen LogP contribution in [0.25, 0.3) is 66.4 Å². The number of halogens is 2. The molecule has 0 bridgehead atoms. The molecule has 0 fully saturated rings. The molecule has 300 valence electrons. The van der Waals surface area contributed by atoms with Crippen LogP contribution in [-0.2, 0) is 28.8 Å². The fourth-order valence-corrected chi connectivity index (χ4v) is 7.29. The van der Waals surface area contributed by atoms with Gasteiger partial charge in [-0.05, 0) is 96.2 Å². The molecule has 6 heteroatoms. The summed E-state index contributed by atoms with van der Waals surface area (Å²) in [5, 5.41) is 5.10. The molecule has 6 aromatic carbocycles. The van der Waals surface area contributed by atoms with Gasteiger partial charge in [0.2, 0.25) is 0 Å². The molecule has 0 unspecified atom stereocenters. The van der Waals surface area contributed by atoms with Gasteiger partial charge in [0.25, 0.3) is 0 Å². The molecule has 0 spiro atoms. The summed E-state index contributed by atoms with van der Waals surface area (Å²) in [7, 11) is 11.2. The van der Waals surface area contributed by atoms with Gasteiger partial charge in [0.15, 0.2) is 0 Å². The molecule has 2 aromatic heterocycles. The summed E-state index contributed by atoms with van der Waals surface area (Å²) in [5.41, 5.74) is 12.9. The Hall–Kier alpha value is -3.66. The number of fused-ring (bicyclic) bond motifs is 2. The molecule has 0 saturated carbocycles. The van der Waals surface area contributed by atoms with E-state index >= 15 is 0 Å². The molecule has 2 heterocycles. The minimum absolute atomic E-state index is 0.140. The maximum absolute atomic E-state index is 5.84. The summed E-state index contributed by atoms with van der Waals surface area (Å²) < 4.78 is 11.7. The molecule has 0 aliphatic rings. The molecule has 0 radical (unpaired) electrons. The summed E-state index contributed by atoms with van der Waals surface area (Å²) in [6, 6.07) is 43.9. The Morgan fingerprint density at radius 2 is 0.897 bits per heavy atom. The number of rotatable bonds is 4. The normalized spacial score (nSPS) is 11.6. The molecule has 2 nitrogen and oxygen atoms in total. The van der Waals surface area contributed by atoms with E-state index in [1.165, 1.54) is 66.1 Å². The van der Waals surface area contributed by atoms with Crippen molar-refractivity contribution in [2.75, 3.05) is 0 Å². The second kappa shape index (κ2) is 17.9. The summed E-state index contributed by atoms with van der Waals surface area (Å²) in [6.07, 6.45) is 0. The van der Waals surface area contributed by atoms with Gasteiger partial charge >= 0.3 is 53.5 Å². The Morgan fingerprint density at radius 3 is 1.21 bits per heavy atom. The van der Waals surface area contributed by atoms with Crippen molar-refractivity contribution in [3.63, 3.8) is 0 Å². The molecule has 58 heavy (non-hydrogen) atoms. The first-order valence-electron chi connectivity index (χ1n) is 20.0. The zero-order valence-corrected chi connectivity index (χ0v) is 41.1. The molecule has 0 aliphatic heterocycles. The van der Waals surface area contributed by atoms with E-state index in [0.717, 1.165) is 34.2 Å². The summed E-state index contributed by atoms with van der Waals surface area (Å²) in [5.74, 6) is 3.76. The largest absolute Gasteiger partial charge is 0.496 e. The average Bonchev–Trinajstić information content (AvgIpc) is 3.98. The third-order valence-electron chi connectivity index (χ3n) is 10.7. The Bertz CT molecular complexity index is 2540. The molecular weight excluding hydrogens is 847 g/mol. The van der Waals surface area contributed by atoms with Crippen molar-refractivity contribution >= 4 is 44.0 Å². The van der Waals surface area contributed by atoms with E-state index in [1.807, 2.05) is 26.0 Å². The zero-order chi connectivity index (χ0) is 42.1. The third-order valence-corrected chi connectivity index (χ3v) is 30.4. The molecule has 0 amide bonds. The minimum Gasteiger partial charge on any atom is -0.496 e. The Labute approximate surface area is 361 Å². The van der Waals surface area contributed by atoms with Crippen molar-refractivity contribution in [2.45, 2.75) is 93.2 Å². The smallest absolute Gasteiger partial charge is 0.0896 e. The molecule has 8 aromatic rings. The van der Waals surface area contributed by atoms with E-state index in [-0.39, 0.29) is 16.3 Å². The molecule has 8 rings (SSSR count). The predicted octanol–water partition coefficient (Wildman–Crippen LogP) is 17.0. The van der Waals surface area contributed by atoms with Gasteiger partial charge < -0.3 is 8.83 Å². The first-order chi connectivity index (χ1) is 27.3. The Kier molecular flexibility index (Phi) is 13.6. The van der Waals surface area contributed by atoms with Crippen molar-refractivity contribution < 1.29 is 26.8 Å². The van der Waals surface area contributed by atoms with Crippen LogP contribution in [0.3, 0.4) is 0 Å². The molecule has 0 saturated heterocycles. The van der Waals surface area contributed by atoms with Crippen LogP contribution in [-0.4, -0.2) is 5.43 Å².